The molecule has 0 aliphatic rings. The number of para-hydroxylation sites is 2. The fourth-order valence-corrected chi connectivity index (χ4v) is 3.44. The van der Waals surface area contributed by atoms with Crippen LogP contribution in [0.4, 0.5) is 10.9 Å². The quantitative estimate of drug-likeness (QED) is 0.549. The summed E-state index contributed by atoms with van der Waals surface area (Å²) in [6.45, 7) is 0. The zero-order valence-electron chi connectivity index (χ0n) is 12.1. The third kappa shape index (κ3) is 2.56. The van der Waals surface area contributed by atoms with E-state index in [9.17, 15) is 0 Å². The maximum absolute atomic E-state index is 6.02. The third-order valence-corrected chi connectivity index (χ3v) is 4.51. The summed E-state index contributed by atoms with van der Waals surface area (Å²) in [5, 5.41) is 5.06. The van der Waals surface area contributed by atoms with Crippen LogP contribution in [0, 0.1) is 0 Å². The average molecular weight is 343 g/mol. The first-order valence-corrected chi connectivity index (χ1v) is 8.07. The first-order chi connectivity index (χ1) is 11.2. The summed E-state index contributed by atoms with van der Waals surface area (Å²) in [5.74, 6) is 1.39. The number of thiazole rings is 1. The van der Waals surface area contributed by atoms with Gasteiger partial charge in [-0.1, -0.05) is 29.5 Å². The molecule has 114 valence electrons. The van der Waals surface area contributed by atoms with Gasteiger partial charge in [0.2, 0.25) is 5.28 Å². The Hall–Kier alpha value is -2.44. The lowest BCUT2D eigenvalue weighted by Gasteiger charge is -2.06. The van der Waals surface area contributed by atoms with Gasteiger partial charge in [-0.2, -0.15) is 4.98 Å². The van der Waals surface area contributed by atoms with Crippen molar-refractivity contribution in [2.45, 2.75) is 0 Å². The number of nitrogens with zero attached hydrogens (tertiary/aromatic N) is 3. The zero-order chi connectivity index (χ0) is 15.8. The van der Waals surface area contributed by atoms with E-state index >= 15 is 0 Å². The highest BCUT2D eigenvalue weighted by molar-refractivity contribution is 7.22. The minimum absolute atomic E-state index is 0.199. The van der Waals surface area contributed by atoms with Crippen molar-refractivity contribution >= 4 is 55.0 Å². The van der Waals surface area contributed by atoms with Crippen LogP contribution in [0.3, 0.4) is 0 Å². The molecule has 0 unspecified atom stereocenters. The lowest BCUT2D eigenvalue weighted by molar-refractivity contribution is 0.419. The van der Waals surface area contributed by atoms with E-state index in [1.807, 2.05) is 42.5 Å². The zero-order valence-corrected chi connectivity index (χ0v) is 13.6. The van der Waals surface area contributed by atoms with Crippen molar-refractivity contribution < 1.29 is 4.74 Å². The molecule has 0 radical (unpaired) electrons. The molecule has 0 aliphatic carbocycles. The van der Waals surface area contributed by atoms with Crippen LogP contribution < -0.4 is 10.1 Å². The van der Waals surface area contributed by atoms with Crippen molar-refractivity contribution in [1.29, 1.82) is 0 Å². The maximum Gasteiger partial charge on any atom is 0.224 e. The molecular weight excluding hydrogens is 332 g/mol. The Morgan fingerprint density at radius 3 is 2.78 bits per heavy atom. The van der Waals surface area contributed by atoms with Gasteiger partial charge in [-0.15, -0.1) is 0 Å². The minimum Gasteiger partial charge on any atom is -0.494 e. The summed E-state index contributed by atoms with van der Waals surface area (Å²) in [4.78, 5) is 13.1. The highest BCUT2D eigenvalue weighted by Gasteiger charge is 2.11. The Labute approximate surface area is 140 Å². The molecule has 0 fully saturated rings. The molecule has 0 saturated carbocycles. The largest absolute Gasteiger partial charge is 0.494 e. The van der Waals surface area contributed by atoms with Crippen LogP contribution in [0.15, 0.2) is 42.5 Å². The first kappa shape index (κ1) is 14.2. The number of nitrogens with one attached hydrogen (secondary N) is 1. The molecule has 2 heterocycles. The summed E-state index contributed by atoms with van der Waals surface area (Å²) < 4.78 is 6.39. The molecule has 7 heteroatoms. The second kappa shape index (κ2) is 5.64. The number of aromatic nitrogens is 3. The van der Waals surface area contributed by atoms with E-state index < -0.39 is 0 Å². The van der Waals surface area contributed by atoms with E-state index in [0.717, 1.165) is 32.0 Å². The SMILES string of the molecule is COc1cccc2sc(Nc3nc(Cl)nc4ccccc34)nc12. The number of hydrogen-bond donors (Lipinski definition) is 1. The molecule has 0 atom stereocenters. The van der Waals surface area contributed by atoms with Crippen LogP contribution in [-0.4, -0.2) is 22.1 Å². The number of benzene rings is 2. The van der Waals surface area contributed by atoms with Gasteiger partial charge in [0, 0.05) is 5.39 Å². The monoisotopic (exact) mass is 342 g/mol. The number of hydrogen-bond acceptors (Lipinski definition) is 6. The molecule has 0 amide bonds. The summed E-state index contributed by atoms with van der Waals surface area (Å²) >= 11 is 7.55. The molecule has 0 spiro atoms. The molecule has 0 aliphatic heterocycles. The number of anilines is 2. The normalized spacial score (nSPS) is 11.0. The van der Waals surface area contributed by atoms with Crippen molar-refractivity contribution in [3.05, 3.63) is 47.7 Å². The van der Waals surface area contributed by atoms with E-state index in [0.29, 0.717) is 5.82 Å². The van der Waals surface area contributed by atoms with Crippen LogP contribution in [0.1, 0.15) is 0 Å². The Balaban J connectivity index is 1.82. The van der Waals surface area contributed by atoms with E-state index in [2.05, 4.69) is 20.3 Å². The molecule has 23 heavy (non-hydrogen) atoms. The summed E-state index contributed by atoms with van der Waals surface area (Å²) in [7, 11) is 1.64. The fraction of sp³-hybridized carbons (Fsp3) is 0.0625. The number of ether oxygens (including phenoxy) is 1. The van der Waals surface area contributed by atoms with Crippen LogP contribution in [0.5, 0.6) is 5.75 Å². The Morgan fingerprint density at radius 1 is 1.04 bits per heavy atom. The van der Waals surface area contributed by atoms with Crippen molar-refractivity contribution in [3.63, 3.8) is 0 Å². The van der Waals surface area contributed by atoms with Gasteiger partial charge in [0.05, 0.1) is 17.3 Å². The van der Waals surface area contributed by atoms with E-state index in [4.69, 9.17) is 16.3 Å². The van der Waals surface area contributed by atoms with Crippen LogP contribution in [-0.2, 0) is 0 Å². The van der Waals surface area contributed by atoms with Crippen molar-refractivity contribution in [2.75, 3.05) is 12.4 Å². The highest BCUT2D eigenvalue weighted by Crippen LogP contribution is 2.34. The number of halogens is 1. The number of fused-ring (bicyclic) bond motifs is 2. The van der Waals surface area contributed by atoms with Gasteiger partial charge in [0.15, 0.2) is 5.13 Å². The molecule has 2 aromatic carbocycles. The van der Waals surface area contributed by atoms with Gasteiger partial charge < -0.3 is 10.1 Å². The van der Waals surface area contributed by atoms with Gasteiger partial charge in [-0.25, -0.2) is 9.97 Å². The third-order valence-electron chi connectivity index (χ3n) is 3.40. The van der Waals surface area contributed by atoms with Crippen LogP contribution in [0.2, 0.25) is 5.28 Å². The lowest BCUT2D eigenvalue weighted by Crippen LogP contribution is -1.96. The lowest BCUT2D eigenvalue weighted by atomic mass is 10.2. The van der Waals surface area contributed by atoms with Gasteiger partial charge >= 0.3 is 0 Å². The summed E-state index contributed by atoms with van der Waals surface area (Å²) in [6, 6.07) is 13.5. The second-order valence-corrected chi connectivity index (χ2v) is 6.18. The molecule has 2 aromatic heterocycles. The molecular formula is C16H11ClN4OS. The van der Waals surface area contributed by atoms with Crippen LogP contribution in [0.25, 0.3) is 21.1 Å². The molecule has 4 aromatic rings. The molecule has 1 N–H and O–H groups in total. The van der Waals surface area contributed by atoms with Gasteiger partial charge in [-0.3, -0.25) is 0 Å². The van der Waals surface area contributed by atoms with Gasteiger partial charge in [0.1, 0.15) is 17.1 Å². The molecule has 0 bridgehead atoms. The first-order valence-electron chi connectivity index (χ1n) is 6.87. The molecule has 5 nitrogen and oxygen atoms in total. The smallest absolute Gasteiger partial charge is 0.224 e. The summed E-state index contributed by atoms with van der Waals surface area (Å²) in [5.41, 5.74) is 1.61. The topological polar surface area (TPSA) is 59.9 Å². The number of rotatable bonds is 3. The van der Waals surface area contributed by atoms with E-state index in [-0.39, 0.29) is 5.28 Å². The molecule has 4 rings (SSSR count). The van der Waals surface area contributed by atoms with Gasteiger partial charge in [0.25, 0.3) is 0 Å². The van der Waals surface area contributed by atoms with Crippen molar-refractivity contribution in [1.82, 2.24) is 15.0 Å². The minimum atomic E-state index is 0.199. The standard InChI is InChI=1S/C16H11ClN4OS/c1-22-11-7-4-8-12-13(11)19-16(23-12)21-14-9-5-2-3-6-10(9)18-15(17)20-14/h2-8H,1H3,(H,18,19,20,21). The van der Waals surface area contributed by atoms with Crippen molar-refractivity contribution in [3.8, 4) is 5.75 Å². The predicted octanol–water partition coefficient (Wildman–Crippen LogP) is 4.65. The van der Waals surface area contributed by atoms with E-state index in [1.165, 1.54) is 11.3 Å². The Morgan fingerprint density at radius 2 is 1.91 bits per heavy atom. The fourth-order valence-electron chi connectivity index (χ4n) is 2.39. The highest BCUT2D eigenvalue weighted by atomic mass is 35.5. The van der Waals surface area contributed by atoms with Crippen molar-refractivity contribution in [2.24, 2.45) is 0 Å². The second-order valence-electron chi connectivity index (χ2n) is 4.81. The Kier molecular flexibility index (Phi) is 3.48. The van der Waals surface area contributed by atoms with Gasteiger partial charge in [-0.05, 0) is 35.9 Å². The predicted molar refractivity (Wildman–Crippen MR) is 94.0 cm³/mol. The van der Waals surface area contributed by atoms with Crippen LogP contribution >= 0.6 is 22.9 Å². The Bertz CT molecular complexity index is 1020. The number of methoxy groups -OCH3 is 1. The average Bonchev–Trinajstić information content (AvgIpc) is 2.97. The maximum atomic E-state index is 6.02. The van der Waals surface area contributed by atoms with E-state index in [1.54, 1.807) is 7.11 Å². The molecule has 0 saturated heterocycles. The summed E-state index contributed by atoms with van der Waals surface area (Å²) in [6.07, 6.45) is 0.